The van der Waals surface area contributed by atoms with E-state index in [1.54, 1.807) is 44.7 Å². The van der Waals surface area contributed by atoms with Crippen LogP contribution in [0.1, 0.15) is 109 Å². The van der Waals surface area contributed by atoms with E-state index in [1.165, 1.54) is 32.9 Å². The van der Waals surface area contributed by atoms with E-state index in [4.69, 9.17) is 37.9 Å². The first-order valence-electron chi connectivity index (χ1n) is 22.2. The minimum absolute atomic E-state index is 0.00106. The number of hydrogen-bond donors (Lipinski definition) is 2. The van der Waals surface area contributed by atoms with E-state index in [0.717, 1.165) is 11.1 Å². The third kappa shape index (κ3) is 7.03. The maximum Gasteiger partial charge on any atom is 0.411 e. The van der Waals surface area contributed by atoms with Crippen LogP contribution in [0, 0.1) is 25.2 Å². The minimum atomic E-state index is -1.52. The van der Waals surface area contributed by atoms with Crippen molar-refractivity contribution in [3.63, 3.8) is 0 Å². The van der Waals surface area contributed by atoms with Crippen molar-refractivity contribution in [3.05, 3.63) is 62.7 Å². The van der Waals surface area contributed by atoms with Crippen LogP contribution < -0.4 is 33.7 Å². The molecule has 7 aliphatic rings. The third-order valence-corrected chi connectivity index (χ3v) is 14.9. The second-order valence-electron chi connectivity index (χ2n) is 18.5. The lowest BCUT2D eigenvalue weighted by Crippen LogP contribution is -2.71. The molecule has 2 saturated heterocycles. The van der Waals surface area contributed by atoms with Gasteiger partial charge in [0, 0.05) is 47.9 Å². The van der Waals surface area contributed by atoms with Crippen LogP contribution in [0.25, 0.3) is 0 Å². The predicted molar refractivity (Wildman–Crippen MR) is 237 cm³/mol. The summed E-state index contributed by atoms with van der Waals surface area (Å²) in [5.41, 5.74) is 2.22. The number of thioether (sulfide) groups is 1. The lowest BCUT2D eigenvalue weighted by atomic mass is 9.71. The predicted octanol–water partition coefficient (Wildman–Crippen LogP) is 6.29. The molecule has 10 rings (SSSR count). The van der Waals surface area contributed by atoms with E-state index < -0.39 is 70.6 Å². The Morgan fingerprint density at radius 3 is 2.44 bits per heavy atom. The van der Waals surface area contributed by atoms with Crippen LogP contribution in [0.4, 0.5) is 4.79 Å². The van der Waals surface area contributed by atoms with Crippen LogP contribution in [-0.2, 0) is 42.2 Å². The van der Waals surface area contributed by atoms with Gasteiger partial charge >= 0.3 is 24.0 Å². The number of rotatable bonds is 6. The number of carbonyl (C=O) groups excluding carboxylic acids is 4. The van der Waals surface area contributed by atoms with E-state index in [0.29, 0.717) is 64.3 Å². The van der Waals surface area contributed by atoms with Gasteiger partial charge in [-0.15, -0.1) is 11.8 Å². The molecule has 17 nitrogen and oxygen atoms in total. The van der Waals surface area contributed by atoms with Crippen molar-refractivity contribution in [2.24, 2.45) is 0 Å². The Bertz CT molecular complexity index is 2610. The molecule has 7 heterocycles. The Kier molecular flexibility index (Phi) is 11.5. The zero-order valence-corrected chi connectivity index (χ0v) is 39.3. The first-order chi connectivity index (χ1) is 31.5. The van der Waals surface area contributed by atoms with E-state index in [1.807, 2.05) is 24.8 Å². The lowest BCUT2D eigenvalue weighted by Gasteiger charge is -2.62. The van der Waals surface area contributed by atoms with Crippen LogP contribution in [0.3, 0.4) is 0 Å². The Balaban J connectivity index is 1.32. The number of amides is 1. The van der Waals surface area contributed by atoms with Crippen LogP contribution >= 0.6 is 11.8 Å². The molecule has 0 saturated carbocycles. The number of aromatic hydroxyl groups is 1. The largest absolute Gasteiger partial charge is 0.504 e. The molecule has 3 aromatic carbocycles. The Labute approximate surface area is 386 Å². The molecule has 7 atom stereocenters. The number of methoxy groups -OCH3 is 2. The molecule has 3 aromatic rings. The number of phenolic OH excluding ortho intramolecular Hbond substituents is 1. The maximum absolute atomic E-state index is 15.2. The SMILES string of the molecule is CCCC(=O)Oc1cc2c(cc1OC)[C@@]1(CS[C@@H]3c4c(OC(C)=O)c(C)c5c(c4[C@H](COC1=O)N1C3[C@H]3c4c(cc(C)c(OC)c4O)C[C@@H]([C@@H]1C#N)N3C(=O)OC(C)(C)C)OCO5)NCC2. The van der Waals surface area contributed by atoms with Gasteiger partial charge in [0.2, 0.25) is 6.79 Å². The van der Waals surface area contributed by atoms with Gasteiger partial charge in [-0.3, -0.25) is 24.7 Å². The fraction of sp³-hybridized carbons (Fsp3) is 0.521. The van der Waals surface area contributed by atoms with Gasteiger partial charge < -0.3 is 43.0 Å². The van der Waals surface area contributed by atoms with Crippen molar-refractivity contribution in [2.75, 3.05) is 39.9 Å². The fourth-order valence-corrected chi connectivity index (χ4v) is 12.6. The van der Waals surface area contributed by atoms with Crippen molar-refractivity contribution < 1.29 is 62.2 Å². The Morgan fingerprint density at radius 2 is 1.76 bits per heavy atom. The molecule has 1 unspecified atom stereocenters. The second kappa shape index (κ2) is 16.8. The van der Waals surface area contributed by atoms with Gasteiger partial charge in [0.25, 0.3) is 0 Å². The summed E-state index contributed by atoms with van der Waals surface area (Å²) in [4.78, 5) is 59.6. The molecule has 66 heavy (non-hydrogen) atoms. The number of nitrogens with zero attached hydrogens (tertiary/aromatic N) is 3. The standard InChI is InChI=1S/C48H54N4O13S/c1-10-11-33(54)64-32-16-25-12-13-50-48(27(25)17-31(32)58-8)20-66-44-36-35(43-42(61-21-62-43)23(3)41(36)63-24(4)53)30(19-60-45(48)56)51-29(18-49)28-15-26-14-22(2)40(59-9)39(55)34(26)37(38(44)51)52(28)46(57)65-47(5,6)7/h14,16-17,28-30,37-38,44,50,55H,10-13,15,19-21H2,1-9H3/t28-,29-,30-,37+,38?,44+,48+/m0/s1. The summed E-state index contributed by atoms with van der Waals surface area (Å²) in [6.07, 6.45) is 0.776. The van der Waals surface area contributed by atoms with Crippen molar-refractivity contribution in [2.45, 2.75) is 121 Å². The summed E-state index contributed by atoms with van der Waals surface area (Å²) in [6, 6.07) is 3.24. The van der Waals surface area contributed by atoms with Gasteiger partial charge in [0.05, 0.1) is 49.7 Å². The molecule has 7 aliphatic heterocycles. The average molecular weight is 927 g/mol. The molecule has 2 fully saturated rings. The number of aryl methyl sites for hydroxylation is 1. The van der Waals surface area contributed by atoms with Gasteiger partial charge in [-0.05, 0) is 88.3 Å². The maximum atomic E-state index is 15.2. The normalized spacial score (nSPS) is 25.9. The summed E-state index contributed by atoms with van der Waals surface area (Å²) in [6.45, 7) is 12.0. The molecule has 4 bridgehead atoms. The van der Waals surface area contributed by atoms with Gasteiger partial charge in [0.1, 0.15) is 24.0 Å². The monoisotopic (exact) mass is 926 g/mol. The second-order valence-corrected chi connectivity index (χ2v) is 19.6. The molecule has 18 heteroatoms. The molecule has 2 N–H and O–H groups in total. The zero-order valence-electron chi connectivity index (χ0n) is 38.4. The topological polar surface area (TPSA) is 205 Å². The number of ether oxygens (including phenoxy) is 8. The lowest BCUT2D eigenvalue weighted by molar-refractivity contribution is -0.157. The number of nitrogens with one attached hydrogen (secondary N) is 1. The highest BCUT2D eigenvalue weighted by atomic mass is 32.2. The quantitative estimate of drug-likeness (QED) is 0.206. The number of piperazine rings is 1. The highest BCUT2D eigenvalue weighted by molar-refractivity contribution is 7.99. The molecular formula is C48H54N4O13S. The fourth-order valence-electron chi connectivity index (χ4n) is 10.9. The smallest absolute Gasteiger partial charge is 0.411 e. The van der Waals surface area contributed by atoms with Crippen molar-refractivity contribution in [1.82, 2.24) is 15.1 Å². The van der Waals surface area contributed by atoms with Gasteiger partial charge in [0.15, 0.2) is 40.0 Å². The van der Waals surface area contributed by atoms with Gasteiger partial charge in [-0.2, -0.15) is 5.26 Å². The molecule has 0 radical (unpaired) electrons. The van der Waals surface area contributed by atoms with Crippen molar-refractivity contribution >= 4 is 35.8 Å². The summed E-state index contributed by atoms with van der Waals surface area (Å²) < 4.78 is 48.6. The van der Waals surface area contributed by atoms with Crippen molar-refractivity contribution in [3.8, 4) is 46.3 Å². The minimum Gasteiger partial charge on any atom is -0.504 e. The van der Waals surface area contributed by atoms with E-state index in [2.05, 4.69) is 11.4 Å². The molecule has 1 spiro atoms. The number of phenols is 1. The number of hydrogen-bond acceptors (Lipinski definition) is 17. The van der Waals surface area contributed by atoms with Crippen LogP contribution in [0.2, 0.25) is 0 Å². The van der Waals surface area contributed by atoms with Crippen LogP contribution in [0.5, 0.6) is 40.2 Å². The summed E-state index contributed by atoms with van der Waals surface area (Å²) in [7, 11) is 2.93. The average Bonchev–Trinajstić information content (AvgIpc) is 3.75. The van der Waals surface area contributed by atoms with Crippen molar-refractivity contribution in [1.29, 1.82) is 5.26 Å². The van der Waals surface area contributed by atoms with E-state index in [-0.39, 0.29) is 60.7 Å². The highest BCUT2D eigenvalue weighted by Gasteiger charge is 2.64. The number of fused-ring (bicyclic) bond motifs is 9. The van der Waals surface area contributed by atoms with Crippen LogP contribution in [-0.4, -0.2) is 103 Å². The summed E-state index contributed by atoms with van der Waals surface area (Å²) >= 11 is 1.35. The van der Waals surface area contributed by atoms with E-state index >= 15 is 4.79 Å². The Morgan fingerprint density at radius 1 is 1.00 bits per heavy atom. The van der Waals surface area contributed by atoms with Gasteiger partial charge in [-0.25, -0.2) is 9.59 Å². The molecular weight excluding hydrogens is 873 g/mol. The van der Waals surface area contributed by atoms with Crippen LogP contribution in [0.15, 0.2) is 18.2 Å². The summed E-state index contributed by atoms with van der Waals surface area (Å²) in [5, 5.41) is 26.5. The molecule has 0 aliphatic carbocycles. The Hall–Kier alpha value is -5.90. The molecule has 1 amide bonds. The first kappa shape index (κ1) is 45.3. The number of carbonyl (C=O) groups is 4. The third-order valence-electron chi connectivity index (χ3n) is 13.4. The van der Waals surface area contributed by atoms with E-state index in [9.17, 15) is 24.8 Å². The number of nitriles is 1. The number of esters is 3. The molecule has 0 aromatic heterocycles. The number of benzene rings is 3. The summed E-state index contributed by atoms with van der Waals surface area (Å²) in [5.74, 6) is -0.127. The molecule has 350 valence electrons. The first-order valence-corrected chi connectivity index (χ1v) is 23.2. The zero-order chi connectivity index (χ0) is 47.1. The van der Waals surface area contributed by atoms with Gasteiger partial charge in [-0.1, -0.05) is 13.0 Å². The highest BCUT2D eigenvalue weighted by Crippen LogP contribution is 2.65.